The summed E-state index contributed by atoms with van der Waals surface area (Å²) in [6.45, 7) is 5.87. The van der Waals surface area contributed by atoms with E-state index in [1.165, 1.54) is 13.8 Å². The summed E-state index contributed by atoms with van der Waals surface area (Å²) < 4.78 is 21.8. The molecule has 0 aromatic rings. The van der Waals surface area contributed by atoms with Gasteiger partial charge in [-0.05, 0) is 19.8 Å². The zero-order valence-electron chi connectivity index (χ0n) is 15.9. The van der Waals surface area contributed by atoms with Gasteiger partial charge in [0.1, 0.15) is 24.6 Å². The number of hydrogen-bond acceptors (Lipinski definition) is 8. The van der Waals surface area contributed by atoms with Crippen LogP contribution in [0.5, 0.6) is 0 Å². The molecule has 3 aliphatic rings. The average Bonchev–Trinajstić information content (AvgIpc) is 3.12. The quantitative estimate of drug-likeness (QED) is 0.409. The van der Waals surface area contributed by atoms with Crippen molar-refractivity contribution in [2.24, 2.45) is 5.92 Å². The largest absolute Gasteiger partial charge is 0.461 e. The standard InChI is InChI=1S/C19H24O8/c1-9-7-14(25-11(3)21)15-12(8-24-10(2)20)18(23)26-16(15)17-19(4,27-17)6-5-13(9)22/h9,14,16-17H,5-8H2,1-4H3. The van der Waals surface area contributed by atoms with Crippen molar-refractivity contribution in [2.75, 3.05) is 6.61 Å². The number of epoxide rings is 1. The van der Waals surface area contributed by atoms with E-state index < -0.39 is 41.8 Å². The Morgan fingerprint density at radius 3 is 2.56 bits per heavy atom. The molecule has 5 unspecified atom stereocenters. The van der Waals surface area contributed by atoms with Crippen LogP contribution in [0, 0.1) is 5.92 Å². The Hall–Kier alpha value is -2.22. The minimum absolute atomic E-state index is 0.0495. The van der Waals surface area contributed by atoms with Crippen LogP contribution in [-0.2, 0) is 38.1 Å². The summed E-state index contributed by atoms with van der Waals surface area (Å²) in [4.78, 5) is 47.8. The van der Waals surface area contributed by atoms with Gasteiger partial charge < -0.3 is 18.9 Å². The highest BCUT2D eigenvalue weighted by atomic mass is 16.6. The maximum absolute atomic E-state index is 12.5. The van der Waals surface area contributed by atoms with Gasteiger partial charge >= 0.3 is 17.9 Å². The smallest absolute Gasteiger partial charge is 0.338 e. The van der Waals surface area contributed by atoms with Crippen molar-refractivity contribution < 1.29 is 38.1 Å². The molecule has 1 saturated carbocycles. The topological polar surface area (TPSA) is 108 Å². The lowest BCUT2D eigenvalue weighted by Gasteiger charge is -2.26. The first-order chi connectivity index (χ1) is 12.6. The number of esters is 3. The third-order valence-electron chi connectivity index (χ3n) is 5.41. The lowest BCUT2D eigenvalue weighted by molar-refractivity contribution is -0.147. The first-order valence-corrected chi connectivity index (χ1v) is 9.07. The van der Waals surface area contributed by atoms with E-state index in [9.17, 15) is 19.2 Å². The summed E-state index contributed by atoms with van der Waals surface area (Å²) in [5.74, 6) is -2.02. The Balaban J connectivity index is 2.03. The van der Waals surface area contributed by atoms with Gasteiger partial charge in [-0.15, -0.1) is 0 Å². The molecule has 2 fully saturated rings. The minimum atomic E-state index is -0.824. The minimum Gasteiger partial charge on any atom is -0.461 e. The Morgan fingerprint density at radius 1 is 1.22 bits per heavy atom. The predicted molar refractivity (Wildman–Crippen MR) is 90.4 cm³/mol. The second-order valence-electron chi connectivity index (χ2n) is 7.59. The van der Waals surface area contributed by atoms with Crippen LogP contribution in [0.3, 0.4) is 0 Å². The highest BCUT2D eigenvalue weighted by Gasteiger charge is 2.62. The van der Waals surface area contributed by atoms with Crippen molar-refractivity contribution >= 4 is 23.7 Å². The number of carbonyl (C=O) groups excluding carboxylic acids is 4. The van der Waals surface area contributed by atoms with Crippen molar-refractivity contribution in [3.63, 3.8) is 0 Å². The molecule has 3 rings (SSSR count). The first kappa shape index (κ1) is 19.5. The van der Waals surface area contributed by atoms with E-state index in [4.69, 9.17) is 18.9 Å². The molecule has 2 aliphatic heterocycles. The molecule has 0 radical (unpaired) electrons. The maximum Gasteiger partial charge on any atom is 0.338 e. The molecule has 0 N–H and O–H groups in total. The fraction of sp³-hybridized carbons (Fsp3) is 0.684. The van der Waals surface area contributed by atoms with E-state index in [0.29, 0.717) is 18.4 Å². The van der Waals surface area contributed by atoms with Crippen molar-refractivity contribution in [3.05, 3.63) is 11.1 Å². The van der Waals surface area contributed by atoms with Gasteiger partial charge in [0.15, 0.2) is 6.10 Å². The fourth-order valence-corrected chi connectivity index (χ4v) is 3.81. The highest BCUT2D eigenvalue weighted by Crippen LogP contribution is 2.49. The summed E-state index contributed by atoms with van der Waals surface area (Å²) in [6.07, 6.45) is -0.868. The molecule has 0 aromatic carbocycles. The Kier molecular flexibility index (Phi) is 5.12. The molecule has 0 bridgehead atoms. The SMILES string of the molecule is CC(=O)OCC1=C2C(OC(C)=O)CC(C)C(=O)CCC3(C)OC3C2OC1=O. The molecule has 0 spiro atoms. The molecule has 1 saturated heterocycles. The number of ketones is 1. The lowest BCUT2D eigenvalue weighted by Crippen LogP contribution is -2.35. The van der Waals surface area contributed by atoms with Crippen LogP contribution in [0.2, 0.25) is 0 Å². The van der Waals surface area contributed by atoms with E-state index in [-0.39, 0.29) is 30.3 Å². The van der Waals surface area contributed by atoms with Crippen LogP contribution in [0.25, 0.3) is 0 Å². The first-order valence-electron chi connectivity index (χ1n) is 9.07. The molecule has 148 valence electrons. The summed E-state index contributed by atoms with van der Waals surface area (Å²) >= 11 is 0. The average molecular weight is 380 g/mol. The molecule has 0 amide bonds. The molecule has 5 atom stereocenters. The second kappa shape index (κ2) is 7.07. The van der Waals surface area contributed by atoms with Gasteiger partial charge in [0, 0.05) is 31.8 Å². The predicted octanol–water partition coefficient (Wildman–Crippen LogP) is 1.25. The Morgan fingerprint density at radius 2 is 1.93 bits per heavy atom. The number of hydrogen-bond donors (Lipinski definition) is 0. The van der Waals surface area contributed by atoms with E-state index in [1.54, 1.807) is 6.92 Å². The van der Waals surface area contributed by atoms with Gasteiger partial charge in [0.05, 0.1) is 11.2 Å². The van der Waals surface area contributed by atoms with Crippen molar-refractivity contribution in [1.82, 2.24) is 0 Å². The van der Waals surface area contributed by atoms with E-state index >= 15 is 0 Å². The third kappa shape index (κ3) is 3.90. The Labute approximate surface area is 157 Å². The molecule has 1 aliphatic carbocycles. The van der Waals surface area contributed by atoms with Crippen molar-refractivity contribution in [2.45, 2.75) is 70.9 Å². The molecule has 8 heteroatoms. The highest BCUT2D eigenvalue weighted by molar-refractivity contribution is 5.93. The van der Waals surface area contributed by atoms with Crippen LogP contribution in [0.15, 0.2) is 11.1 Å². The molecule has 2 heterocycles. The fourth-order valence-electron chi connectivity index (χ4n) is 3.81. The van der Waals surface area contributed by atoms with E-state index in [1.807, 2.05) is 6.92 Å². The Bertz CT molecular complexity index is 723. The second-order valence-corrected chi connectivity index (χ2v) is 7.59. The van der Waals surface area contributed by atoms with Crippen LogP contribution in [0.1, 0.15) is 47.0 Å². The molecular weight excluding hydrogens is 356 g/mol. The molecular formula is C19H24O8. The van der Waals surface area contributed by atoms with Gasteiger partial charge in [0.2, 0.25) is 0 Å². The van der Waals surface area contributed by atoms with Crippen LogP contribution in [0.4, 0.5) is 0 Å². The molecule has 27 heavy (non-hydrogen) atoms. The van der Waals surface area contributed by atoms with Crippen molar-refractivity contribution in [3.8, 4) is 0 Å². The number of ether oxygens (including phenoxy) is 4. The molecule has 8 nitrogen and oxygen atoms in total. The van der Waals surface area contributed by atoms with Crippen molar-refractivity contribution in [1.29, 1.82) is 0 Å². The summed E-state index contributed by atoms with van der Waals surface area (Å²) in [7, 11) is 0. The van der Waals surface area contributed by atoms with Crippen LogP contribution in [-0.4, -0.2) is 54.2 Å². The number of Topliss-reactive ketones (excluding diaryl/α,β-unsaturated/α-hetero) is 1. The summed E-state index contributed by atoms with van der Waals surface area (Å²) in [5, 5.41) is 0. The van der Waals surface area contributed by atoms with Gasteiger partial charge in [-0.1, -0.05) is 6.92 Å². The summed E-state index contributed by atoms with van der Waals surface area (Å²) in [6, 6.07) is 0. The zero-order valence-corrected chi connectivity index (χ0v) is 15.9. The number of rotatable bonds is 3. The lowest BCUT2D eigenvalue weighted by atomic mass is 9.83. The zero-order chi connectivity index (χ0) is 19.9. The monoisotopic (exact) mass is 380 g/mol. The third-order valence-corrected chi connectivity index (χ3v) is 5.41. The molecule has 0 aromatic heterocycles. The van der Waals surface area contributed by atoms with E-state index in [0.717, 1.165) is 0 Å². The van der Waals surface area contributed by atoms with Crippen LogP contribution < -0.4 is 0 Å². The normalized spacial score (nSPS) is 35.7. The summed E-state index contributed by atoms with van der Waals surface area (Å²) in [5.41, 5.74) is 0.00635. The van der Waals surface area contributed by atoms with Gasteiger partial charge in [-0.3, -0.25) is 14.4 Å². The van der Waals surface area contributed by atoms with Gasteiger partial charge in [0.25, 0.3) is 0 Å². The number of carbonyl (C=O) groups is 4. The van der Waals surface area contributed by atoms with Gasteiger partial charge in [-0.2, -0.15) is 0 Å². The number of fused-ring (bicyclic) bond motifs is 3. The van der Waals surface area contributed by atoms with E-state index in [2.05, 4.69) is 0 Å². The van der Waals surface area contributed by atoms with Crippen LogP contribution >= 0.6 is 0 Å². The van der Waals surface area contributed by atoms with Gasteiger partial charge in [-0.25, -0.2) is 4.79 Å². The maximum atomic E-state index is 12.5.